The summed E-state index contributed by atoms with van der Waals surface area (Å²) in [5.74, 6) is -1.74. The van der Waals surface area contributed by atoms with Gasteiger partial charge in [-0.25, -0.2) is 0 Å². The summed E-state index contributed by atoms with van der Waals surface area (Å²) < 4.78 is 36.8. The highest BCUT2D eigenvalue weighted by atomic mass is 19.4. The third kappa shape index (κ3) is 3.43. The second kappa shape index (κ2) is 4.53. The van der Waals surface area contributed by atoms with Gasteiger partial charge in [0, 0.05) is 0 Å². The molecule has 0 aliphatic rings. The van der Waals surface area contributed by atoms with Crippen LogP contribution in [0, 0.1) is 5.92 Å². The Balaban J connectivity index is 2.71. The predicted molar refractivity (Wildman–Crippen MR) is 48.4 cm³/mol. The number of hydrogen-bond donors (Lipinski definition) is 2. The predicted octanol–water partition coefficient (Wildman–Crippen LogP) is 2.11. The lowest BCUT2D eigenvalue weighted by Crippen LogP contribution is -2.28. The summed E-state index contributed by atoms with van der Waals surface area (Å²) in [6.45, 7) is -0.926. The molecule has 0 aromatic heterocycles. The van der Waals surface area contributed by atoms with Crippen LogP contribution in [0.1, 0.15) is 5.56 Å². The van der Waals surface area contributed by atoms with Gasteiger partial charge < -0.3 is 10.2 Å². The Labute approximate surface area is 85.0 Å². The number of benzene rings is 1. The maximum Gasteiger partial charge on any atom is 0.394 e. The lowest BCUT2D eigenvalue weighted by molar-refractivity contribution is -0.183. The quantitative estimate of drug-likeness (QED) is 0.819. The van der Waals surface area contributed by atoms with Crippen molar-refractivity contribution in [3.63, 3.8) is 0 Å². The van der Waals surface area contributed by atoms with E-state index >= 15 is 0 Å². The zero-order valence-electron chi connectivity index (χ0n) is 7.83. The Hall–Kier alpha value is -1.23. The number of phenols is 1. The molecular weight excluding hydrogens is 209 g/mol. The van der Waals surface area contributed by atoms with Gasteiger partial charge in [-0.05, 0) is 24.1 Å². The molecule has 0 saturated carbocycles. The van der Waals surface area contributed by atoms with Gasteiger partial charge in [0.15, 0.2) is 0 Å². The number of rotatable bonds is 3. The number of hydrogen-bond acceptors (Lipinski definition) is 2. The molecule has 5 heteroatoms. The fourth-order valence-electron chi connectivity index (χ4n) is 1.20. The van der Waals surface area contributed by atoms with Crippen LogP contribution in [0.5, 0.6) is 5.75 Å². The van der Waals surface area contributed by atoms with Crippen molar-refractivity contribution in [2.45, 2.75) is 12.6 Å². The van der Waals surface area contributed by atoms with Gasteiger partial charge in [0.1, 0.15) is 5.75 Å². The summed E-state index contributed by atoms with van der Waals surface area (Å²) in [6, 6.07) is 5.45. The maximum atomic E-state index is 12.3. The minimum absolute atomic E-state index is 0.00584. The molecule has 0 bridgehead atoms. The van der Waals surface area contributed by atoms with Crippen molar-refractivity contribution >= 4 is 0 Å². The molecule has 0 saturated heterocycles. The van der Waals surface area contributed by atoms with Crippen molar-refractivity contribution in [3.8, 4) is 5.75 Å². The zero-order chi connectivity index (χ0) is 11.5. The normalized spacial score (nSPS) is 13.9. The average molecular weight is 220 g/mol. The van der Waals surface area contributed by atoms with Crippen LogP contribution < -0.4 is 0 Å². The number of aliphatic hydroxyl groups excluding tert-OH is 1. The Bertz CT molecular complexity index is 305. The molecule has 0 aliphatic heterocycles. The third-order valence-electron chi connectivity index (χ3n) is 2.10. The van der Waals surface area contributed by atoms with Crippen LogP contribution in [0.2, 0.25) is 0 Å². The Morgan fingerprint density at radius 2 is 1.67 bits per heavy atom. The van der Waals surface area contributed by atoms with E-state index in [9.17, 15) is 13.2 Å². The zero-order valence-corrected chi connectivity index (χ0v) is 7.83. The Morgan fingerprint density at radius 3 is 2.07 bits per heavy atom. The molecule has 1 unspecified atom stereocenters. The Morgan fingerprint density at radius 1 is 1.13 bits per heavy atom. The maximum absolute atomic E-state index is 12.3. The van der Waals surface area contributed by atoms with E-state index in [4.69, 9.17) is 10.2 Å². The van der Waals surface area contributed by atoms with Crippen LogP contribution in [0.15, 0.2) is 24.3 Å². The first-order valence-corrected chi connectivity index (χ1v) is 4.39. The van der Waals surface area contributed by atoms with Gasteiger partial charge in [0.25, 0.3) is 0 Å². The number of aromatic hydroxyl groups is 1. The van der Waals surface area contributed by atoms with E-state index in [0.717, 1.165) is 0 Å². The van der Waals surface area contributed by atoms with E-state index in [1.165, 1.54) is 24.3 Å². The number of halogens is 3. The van der Waals surface area contributed by atoms with Crippen LogP contribution in [-0.4, -0.2) is 23.0 Å². The van der Waals surface area contributed by atoms with Crippen molar-refractivity contribution in [3.05, 3.63) is 29.8 Å². The van der Waals surface area contributed by atoms with Crippen molar-refractivity contribution in [2.24, 2.45) is 5.92 Å². The van der Waals surface area contributed by atoms with Crippen molar-refractivity contribution in [2.75, 3.05) is 6.61 Å². The molecule has 0 fully saturated rings. The molecule has 0 radical (unpaired) electrons. The second-order valence-corrected chi connectivity index (χ2v) is 3.29. The monoisotopic (exact) mass is 220 g/mol. The number of aliphatic hydroxyl groups is 1. The molecule has 15 heavy (non-hydrogen) atoms. The first-order valence-electron chi connectivity index (χ1n) is 4.39. The molecule has 1 aromatic carbocycles. The molecule has 1 atom stereocenters. The summed E-state index contributed by atoms with van der Waals surface area (Å²) >= 11 is 0. The fraction of sp³-hybridized carbons (Fsp3) is 0.400. The van der Waals surface area contributed by atoms with Crippen molar-refractivity contribution in [1.82, 2.24) is 0 Å². The van der Waals surface area contributed by atoms with Crippen molar-refractivity contribution in [1.29, 1.82) is 0 Å². The van der Waals surface area contributed by atoms with E-state index in [0.29, 0.717) is 5.56 Å². The molecule has 0 aliphatic carbocycles. The largest absolute Gasteiger partial charge is 0.508 e. The van der Waals surface area contributed by atoms with Gasteiger partial charge in [0.2, 0.25) is 0 Å². The summed E-state index contributed by atoms with van der Waals surface area (Å²) in [4.78, 5) is 0. The molecule has 0 amide bonds. The topological polar surface area (TPSA) is 40.5 Å². The highest BCUT2D eigenvalue weighted by Gasteiger charge is 2.38. The van der Waals surface area contributed by atoms with E-state index in [1.807, 2.05) is 0 Å². The molecular formula is C10H11F3O2. The van der Waals surface area contributed by atoms with E-state index in [1.54, 1.807) is 0 Å². The molecule has 2 N–H and O–H groups in total. The fourth-order valence-corrected chi connectivity index (χ4v) is 1.20. The third-order valence-corrected chi connectivity index (χ3v) is 2.10. The van der Waals surface area contributed by atoms with Crippen molar-refractivity contribution < 1.29 is 23.4 Å². The van der Waals surface area contributed by atoms with Gasteiger partial charge >= 0.3 is 6.18 Å². The van der Waals surface area contributed by atoms with E-state index in [2.05, 4.69) is 0 Å². The van der Waals surface area contributed by atoms with Crippen LogP contribution in [0.25, 0.3) is 0 Å². The molecule has 1 aromatic rings. The van der Waals surface area contributed by atoms with Gasteiger partial charge in [0.05, 0.1) is 12.5 Å². The van der Waals surface area contributed by atoms with E-state index < -0.39 is 18.7 Å². The van der Waals surface area contributed by atoms with Crippen LogP contribution in [-0.2, 0) is 6.42 Å². The van der Waals surface area contributed by atoms with Gasteiger partial charge in [-0.15, -0.1) is 0 Å². The molecule has 1 rings (SSSR count). The molecule has 84 valence electrons. The lowest BCUT2D eigenvalue weighted by Gasteiger charge is -2.17. The smallest absolute Gasteiger partial charge is 0.394 e. The first kappa shape index (κ1) is 11.8. The van der Waals surface area contributed by atoms with Crippen LogP contribution in [0.3, 0.4) is 0 Å². The Kier molecular flexibility index (Phi) is 3.57. The molecule has 0 spiro atoms. The first-order chi connectivity index (χ1) is 6.93. The van der Waals surface area contributed by atoms with Gasteiger partial charge in [-0.1, -0.05) is 12.1 Å². The molecule has 0 heterocycles. The minimum atomic E-state index is -4.40. The summed E-state index contributed by atoms with van der Waals surface area (Å²) in [7, 11) is 0. The summed E-state index contributed by atoms with van der Waals surface area (Å²) in [5.41, 5.74) is 0.434. The number of phenolic OH excluding ortho intramolecular Hbond substituents is 1. The number of alkyl halides is 3. The SMILES string of the molecule is OCC(Cc1ccc(O)cc1)C(F)(F)F. The summed E-state index contributed by atoms with van der Waals surface area (Å²) in [6.07, 6.45) is -4.67. The standard InChI is InChI=1S/C10H11F3O2/c11-10(12,13)8(6-14)5-7-1-3-9(15)4-2-7/h1-4,8,14-15H,5-6H2. The average Bonchev–Trinajstić information content (AvgIpc) is 2.15. The highest BCUT2D eigenvalue weighted by molar-refractivity contribution is 5.26. The minimum Gasteiger partial charge on any atom is -0.508 e. The van der Waals surface area contributed by atoms with Crippen LogP contribution >= 0.6 is 0 Å². The summed E-state index contributed by atoms with van der Waals surface area (Å²) in [5, 5.41) is 17.5. The van der Waals surface area contributed by atoms with Gasteiger partial charge in [-0.3, -0.25) is 0 Å². The molecule has 2 nitrogen and oxygen atoms in total. The highest BCUT2D eigenvalue weighted by Crippen LogP contribution is 2.29. The van der Waals surface area contributed by atoms with Crippen LogP contribution in [0.4, 0.5) is 13.2 Å². The van der Waals surface area contributed by atoms with Gasteiger partial charge in [-0.2, -0.15) is 13.2 Å². The van der Waals surface area contributed by atoms with E-state index in [-0.39, 0.29) is 12.2 Å². The second-order valence-electron chi connectivity index (χ2n) is 3.29. The lowest BCUT2D eigenvalue weighted by atomic mass is 9.99.